The van der Waals surface area contributed by atoms with Gasteiger partial charge in [-0.2, -0.15) is 5.26 Å². The van der Waals surface area contributed by atoms with Gasteiger partial charge in [0.15, 0.2) is 17.7 Å². The van der Waals surface area contributed by atoms with E-state index in [1.807, 2.05) is 17.9 Å². The summed E-state index contributed by atoms with van der Waals surface area (Å²) >= 11 is 0. The predicted octanol–water partition coefficient (Wildman–Crippen LogP) is 3.79. The first-order valence-corrected chi connectivity index (χ1v) is 12.3. The summed E-state index contributed by atoms with van der Waals surface area (Å²) in [6, 6.07) is 4.30. The third-order valence-corrected chi connectivity index (χ3v) is 10.9. The third-order valence-electron chi connectivity index (χ3n) is 10.9. The standard InChI is InChI=1S/C27H36N2O4/c1-23(2,3)24(4,30)18-14-25-9-10-27(18,32-6)22-26(25)11-12-29(15-28)19(25)13-16-7-8-17(31-5)21(33-22)20(16)26/h7-8,18-19,22,30H,9-14H2,1-6H3/t18-,19-,22-,24?,25-,26+,27+/m1/s1. The van der Waals surface area contributed by atoms with Gasteiger partial charge < -0.3 is 24.2 Å². The number of piperidine rings is 1. The van der Waals surface area contributed by atoms with Gasteiger partial charge in [-0.1, -0.05) is 26.8 Å². The van der Waals surface area contributed by atoms with Crippen LogP contribution in [0.2, 0.25) is 0 Å². The molecule has 3 saturated carbocycles. The number of hydrogen-bond donors (Lipinski definition) is 1. The summed E-state index contributed by atoms with van der Waals surface area (Å²) in [6.07, 6.45) is 6.68. The molecule has 2 spiro atoms. The first-order chi connectivity index (χ1) is 15.5. The minimum atomic E-state index is -0.966. The Bertz CT molecular complexity index is 1070. The zero-order valence-electron chi connectivity index (χ0n) is 20.7. The second-order valence-electron chi connectivity index (χ2n) is 12.3. The van der Waals surface area contributed by atoms with Gasteiger partial charge in [-0.3, -0.25) is 0 Å². The van der Waals surface area contributed by atoms with Gasteiger partial charge in [0, 0.05) is 42.0 Å². The lowest BCUT2D eigenvalue weighted by atomic mass is 9.33. The van der Waals surface area contributed by atoms with E-state index in [9.17, 15) is 10.4 Å². The van der Waals surface area contributed by atoms with Gasteiger partial charge in [0.2, 0.25) is 0 Å². The van der Waals surface area contributed by atoms with Crippen molar-refractivity contribution in [1.82, 2.24) is 4.90 Å². The normalized spacial score (nSPS) is 41.6. The van der Waals surface area contributed by atoms with Gasteiger partial charge in [-0.25, -0.2) is 0 Å². The molecule has 33 heavy (non-hydrogen) atoms. The van der Waals surface area contributed by atoms with Crippen molar-refractivity contribution in [2.75, 3.05) is 20.8 Å². The highest BCUT2D eigenvalue weighted by Crippen LogP contribution is 2.77. The second-order valence-corrected chi connectivity index (χ2v) is 12.3. The zero-order valence-corrected chi connectivity index (χ0v) is 20.7. The van der Waals surface area contributed by atoms with Crippen LogP contribution in [0.4, 0.5) is 0 Å². The first-order valence-electron chi connectivity index (χ1n) is 12.3. The quantitative estimate of drug-likeness (QED) is 0.704. The highest BCUT2D eigenvalue weighted by molar-refractivity contribution is 5.63. The Morgan fingerprint density at radius 2 is 1.94 bits per heavy atom. The molecule has 2 aliphatic heterocycles. The van der Waals surface area contributed by atoms with E-state index in [2.05, 4.69) is 33.0 Å². The van der Waals surface area contributed by atoms with Crippen LogP contribution in [0.15, 0.2) is 12.1 Å². The molecule has 1 N–H and O–H groups in total. The van der Waals surface area contributed by atoms with Gasteiger partial charge in [0.1, 0.15) is 11.7 Å². The number of methoxy groups -OCH3 is 2. The molecular formula is C27H36N2O4. The summed E-state index contributed by atoms with van der Waals surface area (Å²) in [5.41, 5.74) is 0.315. The number of fused-ring (bicyclic) bond motifs is 2. The SMILES string of the molecule is COc1ccc2c3c1O[C@H]1[C@]4(OC)CC[C@@]5(C[C@@H]4C(C)(O)C(C)(C)C)[C@@H](C2)N(C#N)CC[C@]315. The maximum absolute atomic E-state index is 12.1. The van der Waals surface area contributed by atoms with Crippen LogP contribution in [-0.4, -0.2) is 54.1 Å². The minimum Gasteiger partial charge on any atom is -0.493 e. The number of nitriles is 1. The molecule has 178 valence electrons. The Hall–Kier alpha value is -1.97. The molecule has 1 aromatic carbocycles. The van der Waals surface area contributed by atoms with Crippen LogP contribution in [0.3, 0.4) is 0 Å². The van der Waals surface area contributed by atoms with Crippen molar-refractivity contribution < 1.29 is 19.3 Å². The molecule has 4 bridgehead atoms. The van der Waals surface area contributed by atoms with Gasteiger partial charge in [0.05, 0.1) is 12.7 Å². The van der Waals surface area contributed by atoms with Crippen LogP contribution in [0, 0.1) is 28.2 Å². The number of likely N-dealkylation sites (tertiary alicyclic amines) is 1. The van der Waals surface area contributed by atoms with Crippen molar-refractivity contribution in [3.8, 4) is 17.7 Å². The highest BCUT2D eigenvalue weighted by Gasteiger charge is 2.82. The highest BCUT2D eigenvalue weighted by atomic mass is 16.6. The molecule has 6 aliphatic rings. The van der Waals surface area contributed by atoms with E-state index in [0.29, 0.717) is 0 Å². The Morgan fingerprint density at radius 3 is 2.58 bits per heavy atom. The molecule has 4 fully saturated rings. The molecule has 4 aliphatic carbocycles. The molecular weight excluding hydrogens is 416 g/mol. The maximum atomic E-state index is 12.1. The van der Waals surface area contributed by atoms with E-state index in [-0.39, 0.29) is 34.3 Å². The maximum Gasteiger partial charge on any atom is 0.179 e. The molecule has 2 heterocycles. The van der Waals surface area contributed by atoms with Crippen LogP contribution in [-0.2, 0) is 16.6 Å². The predicted molar refractivity (Wildman–Crippen MR) is 123 cm³/mol. The average molecular weight is 453 g/mol. The van der Waals surface area contributed by atoms with Gasteiger partial charge in [0.25, 0.3) is 0 Å². The number of hydrogen-bond acceptors (Lipinski definition) is 6. The van der Waals surface area contributed by atoms with Crippen molar-refractivity contribution in [2.45, 2.75) is 88.6 Å². The van der Waals surface area contributed by atoms with Crippen molar-refractivity contribution in [1.29, 1.82) is 5.26 Å². The van der Waals surface area contributed by atoms with Crippen LogP contribution in [0.5, 0.6) is 11.5 Å². The Labute approximate surface area is 196 Å². The topological polar surface area (TPSA) is 75.0 Å². The van der Waals surface area contributed by atoms with Crippen molar-refractivity contribution in [3.05, 3.63) is 23.3 Å². The molecule has 6 nitrogen and oxygen atoms in total. The summed E-state index contributed by atoms with van der Waals surface area (Å²) in [7, 11) is 3.50. The summed E-state index contributed by atoms with van der Waals surface area (Å²) in [4.78, 5) is 2.03. The van der Waals surface area contributed by atoms with Crippen LogP contribution in [0.1, 0.15) is 64.5 Å². The molecule has 0 radical (unpaired) electrons. The summed E-state index contributed by atoms with van der Waals surface area (Å²) in [5.74, 6) is 1.54. The van der Waals surface area contributed by atoms with Crippen molar-refractivity contribution >= 4 is 0 Å². The molecule has 0 amide bonds. The number of benzene rings is 1. The van der Waals surface area contributed by atoms with E-state index in [1.165, 1.54) is 11.1 Å². The van der Waals surface area contributed by atoms with E-state index >= 15 is 0 Å². The number of aliphatic hydroxyl groups is 1. The first kappa shape index (κ1) is 21.6. The Morgan fingerprint density at radius 1 is 1.18 bits per heavy atom. The van der Waals surface area contributed by atoms with Gasteiger partial charge in [-0.05, 0) is 56.1 Å². The smallest absolute Gasteiger partial charge is 0.179 e. The minimum absolute atomic E-state index is 0.107. The number of ether oxygens (including phenoxy) is 3. The van der Waals surface area contributed by atoms with Crippen LogP contribution >= 0.6 is 0 Å². The average Bonchev–Trinajstić information content (AvgIpc) is 3.15. The van der Waals surface area contributed by atoms with Crippen LogP contribution in [0.25, 0.3) is 0 Å². The molecule has 6 heteroatoms. The molecule has 1 aromatic rings. The van der Waals surface area contributed by atoms with E-state index < -0.39 is 11.2 Å². The fourth-order valence-electron chi connectivity index (χ4n) is 8.91. The van der Waals surface area contributed by atoms with E-state index in [1.54, 1.807) is 14.2 Å². The lowest BCUT2D eigenvalue weighted by Gasteiger charge is -2.75. The third kappa shape index (κ3) is 2.10. The summed E-state index contributed by atoms with van der Waals surface area (Å²) in [5, 5.41) is 22.2. The largest absolute Gasteiger partial charge is 0.493 e. The Kier molecular flexibility index (Phi) is 4.03. The lowest BCUT2D eigenvalue weighted by molar-refractivity contribution is -0.309. The Balaban J connectivity index is 1.66. The van der Waals surface area contributed by atoms with Crippen molar-refractivity contribution in [3.63, 3.8) is 0 Å². The lowest BCUT2D eigenvalue weighted by Crippen LogP contribution is -2.83. The van der Waals surface area contributed by atoms with E-state index in [0.717, 1.165) is 50.1 Å². The molecule has 7 atom stereocenters. The van der Waals surface area contributed by atoms with E-state index in [4.69, 9.17) is 14.2 Å². The zero-order chi connectivity index (χ0) is 23.6. The number of nitrogens with zero attached hydrogens (tertiary/aromatic N) is 2. The number of rotatable bonds is 3. The summed E-state index contributed by atoms with van der Waals surface area (Å²) < 4.78 is 19.3. The fraction of sp³-hybridized carbons (Fsp3) is 0.741. The molecule has 1 unspecified atom stereocenters. The van der Waals surface area contributed by atoms with Crippen LogP contribution < -0.4 is 9.47 Å². The van der Waals surface area contributed by atoms with Crippen molar-refractivity contribution in [2.24, 2.45) is 16.7 Å². The fourth-order valence-corrected chi connectivity index (χ4v) is 8.91. The molecule has 1 saturated heterocycles. The summed E-state index contributed by atoms with van der Waals surface area (Å²) in [6.45, 7) is 9.05. The second kappa shape index (κ2) is 6.17. The van der Waals surface area contributed by atoms with Gasteiger partial charge >= 0.3 is 0 Å². The monoisotopic (exact) mass is 452 g/mol. The molecule has 0 aromatic heterocycles. The van der Waals surface area contributed by atoms with Gasteiger partial charge in [-0.15, -0.1) is 0 Å². The molecule has 7 rings (SSSR count).